The molecular formula is C13H22ClN5O2. The number of hydrogen-bond donors (Lipinski definition) is 2. The highest BCUT2D eigenvalue weighted by Crippen LogP contribution is 2.13. The van der Waals surface area contributed by atoms with Crippen molar-refractivity contribution in [3.05, 3.63) is 11.6 Å². The first kappa shape index (κ1) is 16.2. The van der Waals surface area contributed by atoms with Crippen LogP contribution in [-0.4, -0.2) is 52.0 Å². The van der Waals surface area contributed by atoms with Gasteiger partial charge in [0.05, 0.1) is 19.3 Å². The number of halogens is 1. The first-order valence-electron chi connectivity index (χ1n) is 7.19. The number of carbonyl (C=O) groups excluding carboxylic acids is 1. The average molecular weight is 316 g/mol. The minimum Gasteiger partial charge on any atom is -0.375 e. The number of rotatable bonds is 2. The smallest absolute Gasteiger partial charge is 0.240 e. The molecule has 3 heterocycles. The first-order chi connectivity index (χ1) is 9.63. The first-order valence-corrected chi connectivity index (χ1v) is 7.19. The van der Waals surface area contributed by atoms with Crippen molar-refractivity contribution in [2.45, 2.75) is 51.4 Å². The van der Waals surface area contributed by atoms with Crippen LogP contribution in [0.1, 0.15) is 25.0 Å². The maximum atomic E-state index is 12.3. The van der Waals surface area contributed by atoms with Gasteiger partial charge in [-0.3, -0.25) is 4.79 Å². The quantitative estimate of drug-likeness (QED) is 0.791. The van der Waals surface area contributed by atoms with Gasteiger partial charge in [-0.05, 0) is 20.3 Å². The highest BCUT2D eigenvalue weighted by molar-refractivity contribution is 5.85. The van der Waals surface area contributed by atoms with E-state index in [0.29, 0.717) is 13.2 Å². The summed E-state index contributed by atoms with van der Waals surface area (Å²) >= 11 is 0. The van der Waals surface area contributed by atoms with Crippen LogP contribution in [-0.2, 0) is 22.5 Å². The van der Waals surface area contributed by atoms with Crippen molar-refractivity contribution in [3.8, 4) is 0 Å². The summed E-state index contributed by atoms with van der Waals surface area (Å²) in [4.78, 5) is 16.7. The van der Waals surface area contributed by atoms with Gasteiger partial charge in [0.25, 0.3) is 0 Å². The molecule has 3 atom stereocenters. The molecule has 1 saturated heterocycles. The summed E-state index contributed by atoms with van der Waals surface area (Å²) < 4.78 is 7.41. The standard InChI is InChI=1S/C13H21N5O2.ClH/c1-8-12(14-5-6-20-8)13(19)16-10-3-4-11-15-9(2)17-18(11)7-10;/h8,10,12,14H,3-7H2,1-2H3,(H,16,19);1H/t8-,10?,12+;/m1./s1. The number of aromatic nitrogens is 3. The molecule has 2 N–H and O–H groups in total. The number of nitrogens with zero attached hydrogens (tertiary/aromatic N) is 3. The number of fused-ring (bicyclic) bond motifs is 1. The number of amides is 1. The lowest BCUT2D eigenvalue weighted by Crippen LogP contribution is -2.57. The van der Waals surface area contributed by atoms with Gasteiger partial charge >= 0.3 is 0 Å². The SMILES string of the molecule is Cc1nc2n(n1)CC(NC(=O)[C@H]1NCCO[C@@H]1C)CC2.Cl. The second-order valence-corrected chi connectivity index (χ2v) is 5.51. The predicted octanol–water partition coefficient (Wildman–Crippen LogP) is -0.184. The van der Waals surface area contributed by atoms with Gasteiger partial charge in [-0.1, -0.05) is 0 Å². The topological polar surface area (TPSA) is 81.1 Å². The van der Waals surface area contributed by atoms with Crippen molar-refractivity contribution >= 4 is 18.3 Å². The van der Waals surface area contributed by atoms with Gasteiger partial charge in [-0.15, -0.1) is 12.4 Å². The van der Waals surface area contributed by atoms with Crippen molar-refractivity contribution < 1.29 is 9.53 Å². The van der Waals surface area contributed by atoms with E-state index in [2.05, 4.69) is 20.7 Å². The second kappa shape index (κ2) is 6.72. The number of hydrogen-bond acceptors (Lipinski definition) is 5. The fraction of sp³-hybridized carbons (Fsp3) is 0.769. The highest BCUT2D eigenvalue weighted by Gasteiger charge is 2.30. The van der Waals surface area contributed by atoms with Gasteiger partial charge in [0.2, 0.25) is 5.91 Å². The summed E-state index contributed by atoms with van der Waals surface area (Å²) in [5.74, 6) is 1.82. The summed E-state index contributed by atoms with van der Waals surface area (Å²) in [6.07, 6.45) is 1.68. The Hall–Kier alpha value is -1.18. The van der Waals surface area contributed by atoms with Crippen molar-refractivity contribution in [3.63, 3.8) is 0 Å². The molecule has 1 amide bonds. The van der Waals surface area contributed by atoms with E-state index in [0.717, 1.165) is 31.0 Å². The average Bonchev–Trinajstić information content (AvgIpc) is 2.78. The third-order valence-corrected chi connectivity index (χ3v) is 3.91. The monoisotopic (exact) mass is 315 g/mol. The van der Waals surface area contributed by atoms with Gasteiger partial charge in [0.15, 0.2) is 0 Å². The van der Waals surface area contributed by atoms with Gasteiger partial charge in [0.1, 0.15) is 17.7 Å². The van der Waals surface area contributed by atoms with E-state index in [1.54, 1.807) is 0 Å². The van der Waals surface area contributed by atoms with Crippen molar-refractivity contribution in [2.75, 3.05) is 13.2 Å². The van der Waals surface area contributed by atoms with Crippen molar-refractivity contribution in [1.29, 1.82) is 0 Å². The Morgan fingerprint density at radius 3 is 3.10 bits per heavy atom. The van der Waals surface area contributed by atoms with E-state index < -0.39 is 0 Å². The van der Waals surface area contributed by atoms with E-state index in [1.165, 1.54) is 0 Å². The van der Waals surface area contributed by atoms with Gasteiger partial charge in [-0.25, -0.2) is 9.67 Å². The van der Waals surface area contributed by atoms with Crippen molar-refractivity contribution in [2.24, 2.45) is 0 Å². The Labute approximate surface area is 130 Å². The molecule has 8 heteroatoms. The van der Waals surface area contributed by atoms with Gasteiger partial charge in [-0.2, -0.15) is 5.10 Å². The van der Waals surface area contributed by atoms with Crippen LogP contribution in [0.3, 0.4) is 0 Å². The molecule has 21 heavy (non-hydrogen) atoms. The Kier molecular flexibility index (Phi) is 5.18. The fourth-order valence-electron chi connectivity index (χ4n) is 2.87. The molecule has 0 radical (unpaired) electrons. The largest absolute Gasteiger partial charge is 0.375 e. The molecule has 7 nitrogen and oxygen atoms in total. The Morgan fingerprint density at radius 1 is 1.52 bits per heavy atom. The number of morpholine rings is 1. The van der Waals surface area contributed by atoms with E-state index in [1.807, 2.05) is 18.5 Å². The molecule has 118 valence electrons. The molecule has 1 fully saturated rings. The molecule has 0 aliphatic carbocycles. The van der Waals surface area contributed by atoms with Crippen LogP contribution >= 0.6 is 12.4 Å². The molecule has 0 spiro atoms. The molecule has 1 aromatic heterocycles. The molecule has 2 aliphatic rings. The molecule has 1 aromatic rings. The van der Waals surface area contributed by atoms with Crippen LogP contribution in [0.25, 0.3) is 0 Å². The van der Waals surface area contributed by atoms with Crippen LogP contribution < -0.4 is 10.6 Å². The summed E-state index contributed by atoms with van der Waals surface area (Å²) in [6.45, 7) is 5.90. The summed E-state index contributed by atoms with van der Waals surface area (Å²) in [5, 5.41) is 10.7. The van der Waals surface area contributed by atoms with E-state index >= 15 is 0 Å². The normalized spacial score (nSPS) is 28.4. The second-order valence-electron chi connectivity index (χ2n) is 5.51. The zero-order chi connectivity index (χ0) is 14.1. The zero-order valence-electron chi connectivity index (χ0n) is 12.3. The summed E-state index contributed by atoms with van der Waals surface area (Å²) in [7, 11) is 0. The third-order valence-electron chi connectivity index (χ3n) is 3.91. The summed E-state index contributed by atoms with van der Waals surface area (Å²) in [6, 6.07) is -0.144. The predicted molar refractivity (Wildman–Crippen MR) is 79.5 cm³/mol. The Bertz CT molecular complexity index is 507. The minimum atomic E-state index is -0.261. The fourth-order valence-corrected chi connectivity index (χ4v) is 2.87. The molecule has 3 rings (SSSR count). The molecule has 0 bridgehead atoms. The van der Waals surface area contributed by atoms with Crippen LogP contribution in [0, 0.1) is 6.92 Å². The van der Waals surface area contributed by atoms with E-state index in [9.17, 15) is 4.79 Å². The number of carbonyl (C=O) groups is 1. The molecule has 1 unspecified atom stereocenters. The van der Waals surface area contributed by atoms with Crippen LogP contribution in [0.15, 0.2) is 0 Å². The number of ether oxygens (including phenoxy) is 1. The third kappa shape index (κ3) is 3.53. The lowest BCUT2D eigenvalue weighted by Gasteiger charge is -2.31. The molecular weight excluding hydrogens is 294 g/mol. The maximum Gasteiger partial charge on any atom is 0.240 e. The lowest BCUT2D eigenvalue weighted by molar-refractivity contribution is -0.129. The molecule has 0 saturated carbocycles. The number of aryl methyl sites for hydroxylation is 2. The minimum absolute atomic E-state index is 0. The Balaban J connectivity index is 0.00000161. The van der Waals surface area contributed by atoms with Crippen molar-refractivity contribution in [1.82, 2.24) is 25.4 Å². The zero-order valence-corrected chi connectivity index (χ0v) is 13.2. The summed E-state index contributed by atoms with van der Waals surface area (Å²) in [5.41, 5.74) is 0. The highest BCUT2D eigenvalue weighted by atomic mass is 35.5. The Morgan fingerprint density at radius 2 is 2.33 bits per heavy atom. The molecule has 2 aliphatic heterocycles. The van der Waals surface area contributed by atoms with Crippen LogP contribution in [0.4, 0.5) is 0 Å². The lowest BCUT2D eigenvalue weighted by atomic mass is 10.1. The van der Waals surface area contributed by atoms with E-state index in [4.69, 9.17) is 4.74 Å². The number of nitrogens with one attached hydrogen (secondary N) is 2. The van der Waals surface area contributed by atoms with Crippen LogP contribution in [0.5, 0.6) is 0 Å². The van der Waals surface area contributed by atoms with E-state index in [-0.39, 0.29) is 36.5 Å². The van der Waals surface area contributed by atoms with Crippen LogP contribution in [0.2, 0.25) is 0 Å². The van der Waals surface area contributed by atoms with Gasteiger partial charge < -0.3 is 15.4 Å². The molecule has 0 aromatic carbocycles. The van der Waals surface area contributed by atoms with Gasteiger partial charge in [0, 0.05) is 19.0 Å². The maximum absolute atomic E-state index is 12.3.